The number of nitrogens with zero attached hydrogens (tertiary/aromatic N) is 2. The fourth-order valence-corrected chi connectivity index (χ4v) is 2.30. The van der Waals surface area contributed by atoms with E-state index in [0.717, 1.165) is 31.6 Å². The standard InChI is InChI=1S/C12H18F3N5/c1-20-3-2-8(7-20)6-17-10-4-9(12(13,14)15)5-11(18-10)19-16/h4-5,8H,2-3,6-7,16H2,1H3,(H2,17,18,19). The molecule has 4 N–H and O–H groups in total. The summed E-state index contributed by atoms with van der Waals surface area (Å²) < 4.78 is 38.2. The molecule has 1 aromatic rings. The summed E-state index contributed by atoms with van der Waals surface area (Å²) in [6.07, 6.45) is -3.39. The molecule has 0 aliphatic carbocycles. The van der Waals surface area contributed by atoms with Gasteiger partial charge < -0.3 is 15.6 Å². The first kappa shape index (κ1) is 14.9. The summed E-state index contributed by atoms with van der Waals surface area (Å²) in [5.41, 5.74) is 1.38. The molecular formula is C12H18F3N5. The van der Waals surface area contributed by atoms with Crippen molar-refractivity contribution in [3.8, 4) is 0 Å². The van der Waals surface area contributed by atoms with Gasteiger partial charge in [0.25, 0.3) is 0 Å². The second-order valence-electron chi connectivity index (χ2n) is 5.07. The molecule has 2 rings (SSSR count). The minimum atomic E-state index is -4.42. The summed E-state index contributed by atoms with van der Waals surface area (Å²) >= 11 is 0. The zero-order chi connectivity index (χ0) is 14.8. The highest BCUT2D eigenvalue weighted by Gasteiger charge is 2.31. The third-order valence-corrected chi connectivity index (χ3v) is 3.36. The summed E-state index contributed by atoms with van der Waals surface area (Å²) in [6, 6.07) is 1.88. The van der Waals surface area contributed by atoms with Crippen molar-refractivity contribution < 1.29 is 13.2 Å². The van der Waals surface area contributed by atoms with E-state index < -0.39 is 11.7 Å². The highest BCUT2D eigenvalue weighted by atomic mass is 19.4. The number of nitrogen functional groups attached to an aromatic ring is 1. The second kappa shape index (κ2) is 5.84. The zero-order valence-corrected chi connectivity index (χ0v) is 11.2. The Morgan fingerprint density at radius 1 is 1.40 bits per heavy atom. The van der Waals surface area contributed by atoms with Crippen LogP contribution < -0.4 is 16.6 Å². The van der Waals surface area contributed by atoms with Crippen LogP contribution in [0.15, 0.2) is 12.1 Å². The highest BCUT2D eigenvalue weighted by molar-refractivity contribution is 5.49. The van der Waals surface area contributed by atoms with Gasteiger partial charge in [0.15, 0.2) is 0 Å². The number of likely N-dealkylation sites (tertiary alicyclic amines) is 1. The van der Waals surface area contributed by atoms with Gasteiger partial charge in [-0.2, -0.15) is 13.2 Å². The van der Waals surface area contributed by atoms with Gasteiger partial charge in [0.05, 0.1) is 5.56 Å². The van der Waals surface area contributed by atoms with Gasteiger partial charge in [0.1, 0.15) is 11.6 Å². The summed E-state index contributed by atoms with van der Waals surface area (Å²) in [4.78, 5) is 6.18. The molecule has 0 saturated carbocycles. The number of rotatable bonds is 4. The minimum Gasteiger partial charge on any atom is -0.370 e. The third kappa shape index (κ3) is 3.73. The van der Waals surface area contributed by atoms with Crippen LogP contribution in [-0.2, 0) is 6.18 Å². The normalized spacial score (nSPS) is 20.1. The molecule has 1 aliphatic rings. The van der Waals surface area contributed by atoms with E-state index in [9.17, 15) is 13.2 Å². The van der Waals surface area contributed by atoms with Crippen LogP contribution in [0, 0.1) is 5.92 Å². The van der Waals surface area contributed by atoms with Gasteiger partial charge in [-0.25, -0.2) is 10.8 Å². The summed E-state index contributed by atoms with van der Waals surface area (Å²) in [7, 11) is 2.03. The number of hydrazine groups is 1. The Bertz CT molecular complexity index is 463. The van der Waals surface area contributed by atoms with E-state index in [2.05, 4.69) is 20.6 Å². The Morgan fingerprint density at radius 3 is 2.65 bits per heavy atom. The van der Waals surface area contributed by atoms with E-state index in [-0.39, 0.29) is 11.6 Å². The lowest BCUT2D eigenvalue weighted by molar-refractivity contribution is -0.137. The lowest BCUT2D eigenvalue weighted by Crippen LogP contribution is -2.20. The molecule has 20 heavy (non-hydrogen) atoms. The maximum atomic E-state index is 12.7. The number of halogens is 3. The number of aromatic nitrogens is 1. The van der Waals surface area contributed by atoms with Crippen molar-refractivity contribution in [1.82, 2.24) is 9.88 Å². The predicted octanol–water partition coefficient (Wildman–Crippen LogP) is 1.75. The topological polar surface area (TPSA) is 66.2 Å². The number of pyridine rings is 1. The number of alkyl halides is 3. The van der Waals surface area contributed by atoms with E-state index in [1.165, 1.54) is 0 Å². The predicted molar refractivity (Wildman–Crippen MR) is 71.1 cm³/mol. The van der Waals surface area contributed by atoms with Crippen molar-refractivity contribution in [2.45, 2.75) is 12.6 Å². The summed E-state index contributed by atoms with van der Waals surface area (Å²) in [5.74, 6) is 5.75. The first-order valence-electron chi connectivity index (χ1n) is 6.37. The summed E-state index contributed by atoms with van der Waals surface area (Å²) in [5, 5.41) is 2.96. The van der Waals surface area contributed by atoms with Crippen molar-refractivity contribution in [1.29, 1.82) is 0 Å². The van der Waals surface area contributed by atoms with Gasteiger partial charge >= 0.3 is 6.18 Å². The third-order valence-electron chi connectivity index (χ3n) is 3.36. The fraction of sp³-hybridized carbons (Fsp3) is 0.583. The molecule has 0 amide bonds. The Hall–Kier alpha value is -1.54. The molecule has 8 heteroatoms. The van der Waals surface area contributed by atoms with Gasteiger partial charge in [-0.05, 0) is 38.1 Å². The Balaban J connectivity index is 2.07. The SMILES string of the molecule is CN1CCC(CNc2cc(C(F)(F)F)cc(NN)n2)C1. The molecular weight excluding hydrogens is 271 g/mol. The van der Waals surface area contributed by atoms with Gasteiger partial charge in [-0.3, -0.25) is 0 Å². The molecule has 5 nitrogen and oxygen atoms in total. The molecule has 0 radical (unpaired) electrons. The van der Waals surface area contributed by atoms with Crippen LogP contribution in [0.4, 0.5) is 24.8 Å². The zero-order valence-electron chi connectivity index (χ0n) is 11.2. The number of nitrogens with one attached hydrogen (secondary N) is 2. The van der Waals surface area contributed by atoms with E-state index in [0.29, 0.717) is 12.5 Å². The first-order chi connectivity index (χ1) is 9.38. The number of hydrogen-bond acceptors (Lipinski definition) is 5. The lowest BCUT2D eigenvalue weighted by atomic mass is 10.1. The van der Waals surface area contributed by atoms with E-state index in [1.54, 1.807) is 0 Å². The minimum absolute atomic E-state index is 0.00846. The Kier molecular flexibility index (Phi) is 4.34. The van der Waals surface area contributed by atoms with Crippen molar-refractivity contribution >= 4 is 11.6 Å². The van der Waals surface area contributed by atoms with Crippen molar-refractivity contribution in [2.24, 2.45) is 11.8 Å². The van der Waals surface area contributed by atoms with Crippen LogP contribution in [0.25, 0.3) is 0 Å². The van der Waals surface area contributed by atoms with E-state index >= 15 is 0 Å². The number of hydrogen-bond donors (Lipinski definition) is 3. The lowest BCUT2D eigenvalue weighted by Gasteiger charge is -2.15. The molecule has 2 heterocycles. The van der Waals surface area contributed by atoms with Crippen LogP contribution in [0.1, 0.15) is 12.0 Å². The van der Waals surface area contributed by atoms with Gasteiger partial charge in [0.2, 0.25) is 0 Å². The van der Waals surface area contributed by atoms with Gasteiger partial charge in [-0.1, -0.05) is 0 Å². The van der Waals surface area contributed by atoms with Gasteiger partial charge in [-0.15, -0.1) is 0 Å². The molecule has 112 valence electrons. The van der Waals surface area contributed by atoms with Crippen LogP contribution in [0.5, 0.6) is 0 Å². The van der Waals surface area contributed by atoms with E-state index in [4.69, 9.17) is 5.84 Å². The van der Waals surface area contributed by atoms with Crippen molar-refractivity contribution in [3.63, 3.8) is 0 Å². The van der Waals surface area contributed by atoms with Gasteiger partial charge in [0, 0.05) is 13.1 Å². The monoisotopic (exact) mass is 289 g/mol. The average Bonchev–Trinajstić information content (AvgIpc) is 2.81. The Labute approximate surface area is 115 Å². The van der Waals surface area contributed by atoms with Crippen molar-refractivity contribution in [2.75, 3.05) is 37.4 Å². The molecule has 1 fully saturated rings. The largest absolute Gasteiger partial charge is 0.416 e. The molecule has 0 aromatic carbocycles. The fourth-order valence-electron chi connectivity index (χ4n) is 2.30. The van der Waals surface area contributed by atoms with Crippen LogP contribution in [-0.4, -0.2) is 36.6 Å². The smallest absolute Gasteiger partial charge is 0.370 e. The quantitative estimate of drug-likeness (QED) is 0.582. The second-order valence-corrected chi connectivity index (χ2v) is 5.07. The highest BCUT2D eigenvalue weighted by Crippen LogP contribution is 2.32. The van der Waals surface area contributed by atoms with Crippen LogP contribution >= 0.6 is 0 Å². The molecule has 1 aliphatic heterocycles. The van der Waals surface area contributed by atoms with Crippen molar-refractivity contribution in [3.05, 3.63) is 17.7 Å². The molecule has 0 bridgehead atoms. The molecule has 1 saturated heterocycles. The number of nitrogens with two attached hydrogens (primary N) is 1. The van der Waals surface area contributed by atoms with Crippen LogP contribution in [0.3, 0.4) is 0 Å². The molecule has 0 spiro atoms. The molecule has 1 aromatic heterocycles. The van der Waals surface area contributed by atoms with Crippen LogP contribution in [0.2, 0.25) is 0 Å². The molecule has 1 unspecified atom stereocenters. The maximum absolute atomic E-state index is 12.7. The molecule has 1 atom stereocenters. The maximum Gasteiger partial charge on any atom is 0.416 e. The van der Waals surface area contributed by atoms with E-state index in [1.807, 2.05) is 7.05 Å². The number of anilines is 2. The average molecular weight is 289 g/mol. The first-order valence-corrected chi connectivity index (χ1v) is 6.37. The Morgan fingerprint density at radius 2 is 2.10 bits per heavy atom. The summed E-state index contributed by atoms with van der Waals surface area (Å²) in [6.45, 7) is 2.55.